The molecule has 0 aliphatic carbocycles. The second-order valence-corrected chi connectivity index (χ2v) is 14.1. The van der Waals surface area contributed by atoms with E-state index in [-0.39, 0.29) is 61.2 Å². The molecule has 4 aromatic rings. The molecule has 0 aromatic carbocycles. The summed E-state index contributed by atoms with van der Waals surface area (Å²) in [5, 5.41) is 42.8. The molecule has 2 amide bonds. The summed E-state index contributed by atoms with van der Waals surface area (Å²) in [7, 11) is 0. The van der Waals surface area contributed by atoms with Gasteiger partial charge in [0.1, 0.15) is 24.4 Å². The van der Waals surface area contributed by atoms with Gasteiger partial charge in [-0.2, -0.15) is 22.4 Å². The number of H-pyrrole nitrogens is 4. The predicted molar refractivity (Wildman–Crippen MR) is 222 cm³/mol. The number of ether oxygens (including phenoxy) is 4. The van der Waals surface area contributed by atoms with Crippen molar-refractivity contribution in [2.24, 2.45) is 0 Å². The molecule has 30 heteroatoms. The molecule has 2 aliphatic rings. The molecule has 10 N–H and O–H groups in total. The first-order chi connectivity index (χ1) is 31.3. The van der Waals surface area contributed by atoms with Gasteiger partial charge in [0, 0.05) is 42.1 Å². The monoisotopic (exact) mass is 1310 g/mol. The minimum absolute atomic E-state index is 0. The zero-order chi connectivity index (χ0) is 49.1. The Morgan fingerprint density at radius 3 is 1.75 bits per heavy atom. The van der Waals surface area contributed by atoms with Crippen LogP contribution in [0.3, 0.4) is 0 Å². The van der Waals surface area contributed by atoms with Crippen molar-refractivity contribution in [3.05, 3.63) is 111 Å². The Labute approximate surface area is 411 Å². The first-order valence-electron chi connectivity index (χ1n) is 20.1. The van der Waals surface area contributed by atoms with Gasteiger partial charge in [-0.05, 0) is 26.7 Å². The molecule has 2 fully saturated rings. The number of hydrogen-bond donors (Lipinski definition) is 10. The van der Waals surface area contributed by atoms with Crippen molar-refractivity contribution in [2.45, 2.75) is 115 Å². The number of rotatable bonds is 12. The van der Waals surface area contributed by atoms with Crippen LogP contribution < -0.4 is 44.5 Å². The third-order valence-electron chi connectivity index (χ3n) is 9.01. The molecule has 2 unspecified atom stereocenters. The fourth-order valence-electron chi connectivity index (χ4n) is 5.52. The summed E-state index contributed by atoms with van der Waals surface area (Å²) < 4.78 is 49.0. The zero-order valence-electron chi connectivity index (χ0n) is 36.6. The predicted octanol–water partition coefficient (Wildman–Crippen LogP) is -0.758. The SMILES string of the molecule is CCCCCOC(=O)Nc1[nH]c(=O)ncc1F.CCCCCOC(=O)Nc1nc(=O)n([C@@H]2O[C@H](C)C(O)[C@@H]2O)cc1F.C[C@H]1O[C@@H](n2c[c-]c(=O)[nH]c2=O)[C@@H](O)C1O.O=c1[c-]c[nH]c(=O)[nH]1.[W].[W]. The number of nitrogens with one attached hydrogen (secondary N) is 6. The van der Waals surface area contributed by atoms with Crippen LogP contribution in [-0.4, -0.2) is 121 Å². The number of amides is 2. The van der Waals surface area contributed by atoms with E-state index in [4.69, 9.17) is 18.9 Å². The van der Waals surface area contributed by atoms with Crippen molar-refractivity contribution in [3.63, 3.8) is 0 Å². The molecule has 6 rings (SSSR count). The van der Waals surface area contributed by atoms with Crippen LogP contribution in [0.15, 0.2) is 53.6 Å². The topological polar surface area (TPSA) is 377 Å². The van der Waals surface area contributed by atoms with E-state index in [0.717, 1.165) is 59.8 Å². The summed E-state index contributed by atoms with van der Waals surface area (Å²) in [4.78, 5) is 103. The normalized spacial score (nSPS) is 21.1. The molecule has 0 saturated carbocycles. The number of aromatic amines is 4. The van der Waals surface area contributed by atoms with Gasteiger partial charge in [0.05, 0.1) is 48.9 Å². The van der Waals surface area contributed by atoms with Crippen LogP contribution in [0.2, 0.25) is 0 Å². The van der Waals surface area contributed by atoms with Crippen LogP contribution >= 0.6 is 0 Å². The molecule has 2 saturated heterocycles. The van der Waals surface area contributed by atoms with Gasteiger partial charge in [-0.25, -0.2) is 37.5 Å². The van der Waals surface area contributed by atoms with Crippen LogP contribution in [-0.2, 0) is 61.1 Å². The maximum absolute atomic E-state index is 14.1. The van der Waals surface area contributed by atoms with Gasteiger partial charge in [0.25, 0.3) is 0 Å². The molecule has 376 valence electrons. The van der Waals surface area contributed by atoms with Crippen LogP contribution in [0.1, 0.15) is 78.7 Å². The van der Waals surface area contributed by atoms with Crippen LogP contribution in [0, 0.1) is 23.8 Å². The average molecular weight is 1310 g/mol. The van der Waals surface area contributed by atoms with Gasteiger partial charge in [-0.1, -0.05) is 39.5 Å². The largest absolute Gasteiger partial charge is 0.449 e. The molecule has 6 heterocycles. The summed E-state index contributed by atoms with van der Waals surface area (Å²) in [6, 6.07) is 4.45. The average Bonchev–Trinajstić information content (AvgIpc) is 3.67. The van der Waals surface area contributed by atoms with Gasteiger partial charge in [-0.3, -0.25) is 20.2 Å². The van der Waals surface area contributed by atoms with Crippen molar-refractivity contribution >= 4 is 23.8 Å². The summed E-state index contributed by atoms with van der Waals surface area (Å²) >= 11 is 0. The number of anilines is 2. The van der Waals surface area contributed by atoms with E-state index < -0.39 is 113 Å². The molecule has 68 heavy (non-hydrogen) atoms. The van der Waals surface area contributed by atoms with Gasteiger partial charge in [-0.15, -0.1) is 0 Å². The van der Waals surface area contributed by atoms with E-state index in [1.165, 1.54) is 13.1 Å². The van der Waals surface area contributed by atoms with Crippen molar-refractivity contribution in [1.29, 1.82) is 0 Å². The minimum Gasteiger partial charge on any atom is -0.449 e. The molecule has 0 radical (unpaired) electrons. The Bertz CT molecular complexity index is 2530. The van der Waals surface area contributed by atoms with Crippen molar-refractivity contribution in [3.8, 4) is 0 Å². The standard InChI is InChI=1S/C15H22FN3O6.C10H14FN3O3.C9H11N2O5.C4H3N2O2.2W/c1-3-4-5-6-24-15(23)18-12-9(16)7-19(14(22)17-12)13-11(21)10(20)8(2)25-13;1-2-3-4-5-17-10(16)14-8-7(11)6-12-9(15)13-8;1-4-6(13)7(14)8(16-4)11-3-2-5(12)10-9(11)15;7-3-1-2-5-4(8)6-3;;/h7-8,10-11,13,20-21H,3-6H2,1-2H3,(H,17,18,22,23);6H,2-5H2,1H3,(H2,12,13,14,15,16);3-4,6-8,13-14H,1H3,(H,10,12,15);2H,(H2,5,6,7,8);;/q;;2*-1;;/t8-,10?,11+,13-;;4-,6?,7+,8-;;;/m1.1.../s1. The second-order valence-electron chi connectivity index (χ2n) is 14.1. The fraction of sp³-hybridized carbons (Fsp3) is 0.526. The first-order valence-corrected chi connectivity index (χ1v) is 20.1. The molecule has 4 aromatic heterocycles. The zero-order valence-corrected chi connectivity index (χ0v) is 42.5. The molecular weight excluding hydrogens is 1260 g/mol. The number of aliphatic hydroxyl groups excluding tert-OH is 4. The Kier molecular flexibility index (Phi) is 27.0. The van der Waals surface area contributed by atoms with E-state index in [0.29, 0.717) is 6.42 Å². The van der Waals surface area contributed by atoms with Gasteiger partial charge >= 0.3 is 34.9 Å². The van der Waals surface area contributed by atoms with E-state index >= 15 is 0 Å². The molecule has 2 aliphatic heterocycles. The second kappa shape index (κ2) is 30.2. The van der Waals surface area contributed by atoms with Crippen LogP contribution in [0.25, 0.3) is 0 Å². The molecule has 0 spiro atoms. The molecule has 0 bridgehead atoms. The maximum atomic E-state index is 14.1. The van der Waals surface area contributed by atoms with Gasteiger partial charge < -0.3 is 80.6 Å². The Morgan fingerprint density at radius 1 is 0.750 bits per heavy atom. The summed E-state index contributed by atoms with van der Waals surface area (Å²) in [5.41, 5.74) is -4.07. The van der Waals surface area contributed by atoms with Crippen molar-refractivity contribution < 1.29 is 99.9 Å². The number of carbonyl (C=O) groups excluding carboxylic acids is 2. The van der Waals surface area contributed by atoms with Gasteiger partial charge in [0.15, 0.2) is 35.7 Å². The summed E-state index contributed by atoms with van der Waals surface area (Å²) in [5.74, 6) is -2.75. The third kappa shape index (κ3) is 19.0. The number of unbranched alkanes of at least 4 members (excludes halogenated alkanes) is 4. The number of halogens is 2. The first kappa shape index (κ1) is 60.7. The molecular formula is C38H50F2N10O16W2-2. The van der Waals surface area contributed by atoms with Gasteiger partial charge in [0.2, 0.25) is 0 Å². The minimum atomic E-state index is -1.41. The maximum Gasteiger partial charge on any atom is 0.412 e. The van der Waals surface area contributed by atoms with Crippen LogP contribution in [0.5, 0.6) is 0 Å². The summed E-state index contributed by atoms with van der Waals surface area (Å²) in [6.45, 7) is 7.55. The Balaban J connectivity index is 0.000000475. The quantitative estimate of drug-likeness (QED) is 0.0616. The number of aromatic nitrogens is 8. The van der Waals surface area contributed by atoms with E-state index in [2.05, 4.69) is 42.7 Å². The van der Waals surface area contributed by atoms with E-state index in [1.807, 2.05) is 23.8 Å². The number of carbonyl (C=O) groups is 2. The van der Waals surface area contributed by atoms with Crippen LogP contribution in [0.4, 0.5) is 30.0 Å². The fourth-order valence-corrected chi connectivity index (χ4v) is 5.52. The Hall–Kier alpha value is -5.34. The Morgan fingerprint density at radius 2 is 1.28 bits per heavy atom. The third-order valence-corrected chi connectivity index (χ3v) is 9.01. The van der Waals surface area contributed by atoms with Crippen molar-refractivity contribution in [2.75, 3.05) is 23.8 Å². The number of hydrogen-bond acceptors (Lipinski definition) is 18. The smallest absolute Gasteiger partial charge is 0.412 e. The van der Waals surface area contributed by atoms with Crippen molar-refractivity contribution in [1.82, 2.24) is 39.0 Å². The van der Waals surface area contributed by atoms with E-state index in [1.54, 1.807) is 6.92 Å². The molecule has 8 atom stereocenters. The number of nitrogens with zero attached hydrogens (tertiary/aromatic N) is 4. The van der Waals surface area contributed by atoms with E-state index in [9.17, 15) is 67.6 Å². The molecule has 26 nitrogen and oxygen atoms in total. The summed E-state index contributed by atoms with van der Waals surface area (Å²) in [6.07, 6.45) is -1.22. The number of aliphatic hydroxyl groups is 4.